The van der Waals surface area contributed by atoms with E-state index in [1.807, 2.05) is 30.3 Å². The largest absolute Gasteiger partial charge is 0.489 e. The minimum Gasteiger partial charge on any atom is -0.489 e. The van der Waals surface area contributed by atoms with Gasteiger partial charge in [0.05, 0.1) is 6.04 Å². The van der Waals surface area contributed by atoms with E-state index in [0.717, 1.165) is 44.8 Å². The summed E-state index contributed by atoms with van der Waals surface area (Å²) in [6.07, 6.45) is 2.95. The lowest BCUT2D eigenvalue weighted by atomic mass is 10.0. The van der Waals surface area contributed by atoms with Crippen LogP contribution >= 0.6 is 0 Å². The fraction of sp³-hybridized carbons (Fsp3) is 0.611. The van der Waals surface area contributed by atoms with Gasteiger partial charge in [-0.3, -0.25) is 9.69 Å². The standard InChI is InChI=1S/C18H27N3O2/c1-2-20-10-8-14(9-11-20)21-13-16(12-17(21)18(19)22)23-15-6-4-3-5-7-15/h3-7,14,16-17H,2,8-13H2,1H3,(H2,19,22)/t16-,17-/m0/s1. The zero-order valence-corrected chi connectivity index (χ0v) is 13.9. The number of amides is 1. The molecule has 0 radical (unpaired) electrons. The molecule has 0 aromatic heterocycles. The topological polar surface area (TPSA) is 58.8 Å². The summed E-state index contributed by atoms with van der Waals surface area (Å²) in [6.45, 7) is 6.30. The molecule has 2 heterocycles. The predicted molar refractivity (Wildman–Crippen MR) is 90.3 cm³/mol. The summed E-state index contributed by atoms with van der Waals surface area (Å²) in [5.74, 6) is 0.644. The summed E-state index contributed by atoms with van der Waals surface area (Å²) in [5.41, 5.74) is 5.66. The molecular weight excluding hydrogens is 290 g/mol. The number of rotatable bonds is 5. The second kappa shape index (κ2) is 7.32. The molecule has 1 aromatic rings. The third kappa shape index (κ3) is 3.85. The van der Waals surface area contributed by atoms with Crippen molar-refractivity contribution in [1.29, 1.82) is 0 Å². The lowest BCUT2D eigenvalue weighted by molar-refractivity contribution is -0.123. The van der Waals surface area contributed by atoms with Crippen molar-refractivity contribution < 1.29 is 9.53 Å². The normalized spacial score (nSPS) is 27.2. The van der Waals surface area contributed by atoms with Gasteiger partial charge in [0.25, 0.3) is 0 Å². The molecule has 2 N–H and O–H groups in total. The van der Waals surface area contributed by atoms with Crippen molar-refractivity contribution in [2.24, 2.45) is 5.73 Å². The number of carbonyl (C=O) groups excluding carboxylic acids is 1. The molecule has 0 bridgehead atoms. The van der Waals surface area contributed by atoms with E-state index in [9.17, 15) is 4.79 Å². The summed E-state index contributed by atoms with van der Waals surface area (Å²) in [6, 6.07) is 10.1. The lowest BCUT2D eigenvalue weighted by Crippen LogP contribution is -2.50. The van der Waals surface area contributed by atoms with E-state index in [1.165, 1.54) is 0 Å². The van der Waals surface area contributed by atoms with Crippen molar-refractivity contribution in [2.45, 2.75) is 44.4 Å². The van der Waals surface area contributed by atoms with E-state index < -0.39 is 0 Å². The van der Waals surface area contributed by atoms with Gasteiger partial charge in [0.1, 0.15) is 11.9 Å². The predicted octanol–water partition coefficient (Wildman–Crippen LogP) is 1.48. The van der Waals surface area contributed by atoms with Crippen molar-refractivity contribution in [1.82, 2.24) is 9.80 Å². The first kappa shape index (κ1) is 16.3. The van der Waals surface area contributed by atoms with Crippen molar-refractivity contribution in [2.75, 3.05) is 26.2 Å². The molecule has 1 amide bonds. The Morgan fingerprint density at radius 3 is 2.57 bits per heavy atom. The Kier molecular flexibility index (Phi) is 5.18. The van der Waals surface area contributed by atoms with Gasteiger partial charge in [0.15, 0.2) is 0 Å². The quantitative estimate of drug-likeness (QED) is 0.894. The highest BCUT2D eigenvalue weighted by atomic mass is 16.5. The van der Waals surface area contributed by atoms with E-state index in [0.29, 0.717) is 12.5 Å². The monoisotopic (exact) mass is 317 g/mol. The minimum atomic E-state index is -0.220. The van der Waals surface area contributed by atoms with Crippen LogP contribution in [0.5, 0.6) is 5.75 Å². The summed E-state index contributed by atoms with van der Waals surface area (Å²) in [4.78, 5) is 16.6. The van der Waals surface area contributed by atoms with E-state index in [-0.39, 0.29) is 18.1 Å². The number of nitrogens with two attached hydrogens (primary N) is 1. The maximum atomic E-state index is 11.9. The van der Waals surface area contributed by atoms with E-state index in [4.69, 9.17) is 10.5 Å². The smallest absolute Gasteiger partial charge is 0.234 e. The molecule has 0 saturated carbocycles. The van der Waals surface area contributed by atoms with E-state index in [1.54, 1.807) is 0 Å². The highest BCUT2D eigenvalue weighted by molar-refractivity contribution is 5.80. The molecule has 2 aliphatic rings. The van der Waals surface area contributed by atoms with Gasteiger partial charge in [-0.05, 0) is 44.6 Å². The van der Waals surface area contributed by atoms with Crippen LogP contribution in [0.15, 0.2) is 30.3 Å². The Labute approximate surface area is 138 Å². The lowest BCUT2D eigenvalue weighted by Gasteiger charge is -2.38. The first-order valence-corrected chi connectivity index (χ1v) is 8.66. The van der Waals surface area contributed by atoms with Gasteiger partial charge >= 0.3 is 0 Å². The zero-order valence-electron chi connectivity index (χ0n) is 13.9. The Morgan fingerprint density at radius 1 is 1.26 bits per heavy atom. The van der Waals surface area contributed by atoms with Crippen LogP contribution in [0.2, 0.25) is 0 Å². The van der Waals surface area contributed by atoms with Crippen LogP contribution in [0.25, 0.3) is 0 Å². The second-order valence-corrected chi connectivity index (χ2v) is 6.57. The third-order valence-electron chi connectivity index (χ3n) is 5.15. The molecule has 0 aliphatic carbocycles. The fourth-order valence-electron chi connectivity index (χ4n) is 3.85. The van der Waals surface area contributed by atoms with Crippen LogP contribution in [0.1, 0.15) is 26.2 Å². The molecule has 1 aromatic carbocycles. The van der Waals surface area contributed by atoms with Gasteiger partial charge < -0.3 is 15.4 Å². The number of carbonyl (C=O) groups is 1. The summed E-state index contributed by atoms with van der Waals surface area (Å²) in [5, 5.41) is 0. The van der Waals surface area contributed by atoms with Crippen LogP contribution in [0.4, 0.5) is 0 Å². The van der Waals surface area contributed by atoms with Gasteiger partial charge in [-0.25, -0.2) is 0 Å². The van der Waals surface area contributed by atoms with E-state index >= 15 is 0 Å². The molecular formula is C18H27N3O2. The number of piperidine rings is 1. The molecule has 126 valence electrons. The molecule has 0 spiro atoms. The molecule has 0 unspecified atom stereocenters. The summed E-state index contributed by atoms with van der Waals surface area (Å²) >= 11 is 0. The van der Waals surface area contributed by atoms with Crippen LogP contribution in [0, 0.1) is 0 Å². The number of likely N-dealkylation sites (tertiary alicyclic amines) is 2. The molecule has 23 heavy (non-hydrogen) atoms. The van der Waals surface area contributed by atoms with Gasteiger partial charge in [-0.1, -0.05) is 25.1 Å². The molecule has 2 saturated heterocycles. The number of ether oxygens (including phenoxy) is 1. The van der Waals surface area contributed by atoms with Gasteiger partial charge in [-0.15, -0.1) is 0 Å². The highest BCUT2D eigenvalue weighted by Gasteiger charge is 2.41. The molecule has 2 aliphatic heterocycles. The first-order valence-electron chi connectivity index (χ1n) is 8.66. The molecule has 3 rings (SSSR count). The van der Waals surface area contributed by atoms with Gasteiger partial charge in [-0.2, -0.15) is 0 Å². The average molecular weight is 317 g/mol. The molecule has 2 atom stereocenters. The van der Waals surface area contributed by atoms with Gasteiger partial charge in [0, 0.05) is 19.0 Å². The van der Waals surface area contributed by atoms with Crippen LogP contribution < -0.4 is 10.5 Å². The number of benzene rings is 1. The first-order chi connectivity index (χ1) is 11.2. The Hall–Kier alpha value is -1.59. The van der Waals surface area contributed by atoms with E-state index in [2.05, 4.69) is 16.7 Å². The van der Waals surface area contributed by atoms with Gasteiger partial charge in [0.2, 0.25) is 5.91 Å². The Balaban J connectivity index is 1.63. The number of para-hydroxylation sites is 1. The maximum absolute atomic E-state index is 11.9. The maximum Gasteiger partial charge on any atom is 0.234 e. The summed E-state index contributed by atoms with van der Waals surface area (Å²) in [7, 11) is 0. The van der Waals surface area contributed by atoms with Crippen LogP contribution in [0.3, 0.4) is 0 Å². The zero-order chi connectivity index (χ0) is 16.2. The molecule has 5 heteroatoms. The SMILES string of the molecule is CCN1CCC(N2C[C@@H](Oc3ccccc3)C[C@H]2C(N)=O)CC1. The van der Waals surface area contributed by atoms with Crippen LogP contribution in [-0.4, -0.2) is 60.1 Å². The molecule has 2 fully saturated rings. The number of primary amides is 1. The van der Waals surface area contributed by atoms with Crippen molar-refractivity contribution in [3.8, 4) is 5.75 Å². The average Bonchev–Trinajstić information content (AvgIpc) is 3.00. The highest BCUT2D eigenvalue weighted by Crippen LogP contribution is 2.28. The molecule has 5 nitrogen and oxygen atoms in total. The number of nitrogens with zero attached hydrogens (tertiary/aromatic N) is 2. The second-order valence-electron chi connectivity index (χ2n) is 6.57. The van der Waals surface area contributed by atoms with Crippen molar-refractivity contribution in [3.05, 3.63) is 30.3 Å². The Morgan fingerprint density at radius 2 is 1.96 bits per heavy atom. The number of hydrogen-bond acceptors (Lipinski definition) is 4. The summed E-state index contributed by atoms with van der Waals surface area (Å²) < 4.78 is 6.06. The van der Waals surface area contributed by atoms with Crippen molar-refractivity contribution in [3.63, 3.8) is 0 Å². The third-order valence-corrected chi connectivity index (χ3v) is 5.15. The Bertz CT molecular complexity index is 514. The number of hydrogen-bond donors (Lipinski definition) is 1. The minimum absolute atomic E-state index is 0.0408. The fourth-order valence-corrected chi connectivity index (χ4v) is 3.85. The van der Waals surface area contributed by atoms with Crippen LogP contribution in [-0.2, 0) is 4.79 Å². The van der Waals surface area contributed by atoms with Crippen molar-refractivity contribution >= 4 is 5.91 Å².